The van der Waals surface area contributed by atoms with Crippen molar-refractivity contribution in [2.24, 2.45) is 10.9 Å². The van der Waals surface area contributed by atoms with Gasteiger partial charge in [-0.1, -0.05) is 33.1 Å². The molecule has 0 aromatic carbocycles. The van der Waals surface area contributed by atoms with Crippen molar-refractivity contribution in [2.45, 2.75) is 59.4 Å². The highest BCUT2D eigenvalue weighted by Crippen LogP contribution is 2.03. The summed E-state index contributed by atoms with van der Waals surface area (Å²) in [6.07, 6.45) is 4.85. The quantitative estimate of drug-likeness (QED) is 0.201. The van der Waals surface area contributed by atoms with Crippen LogP contribution < -0.4 is 10.6 Å². The second-order valence-electron chi connectivity index (χ2n) is 5.18. The molecular formula is C15H32IN3O2. The molecule has 0 aromatic rings. The lowest BCUT2D eigenvalue weighted by Gasteiger charge is -2.18. The van der Waals surface area contributed by atoms with Gasteiger partial charge >= 0.3 is 5.97 Å². The Morgan fingerprint density at radius 2 is 1.90 bits per heavy atom. The average Bonchev–Trinajstić information content (AvgIpc) is 2.44. The molecule has 0 fully saturated rings. The lowest BCUT2D eigenvalue weighted by atomic mass is 10.1. The van der Waals surface area contributed by atoms with Crippen LogP contribution in [0, 0.1) is 5.92 Å². The molecule has 0 amide bonds. The molecule has 0 heterocycles. The number of ether oxygens (including phenoxy) is 1. The van der Waals surface area contributed by atoms with E-state index >= 15 is 0 Å². The van der Waals surface area contributed by atoms with Crippen LogP contribution in [0.5, 0.6) is 0 Å². The number of carbonyl (C=O) groups excluding carboxylic acids is 1. The number of aliphatic imine (C=N–C) groups is 1. The number of rotatable bonds is 9. The highest BCUT2D eigenvalue weighted by molar-refractivity contribution is 14.0. The van der Waals surface area contributed by atoms with Crippen LogP contribution in [0.1, 0.15) is 53.4 Å². The van der Waals surface area contributed by atoms with E-state index in [9.17, 15) is 4.79 Å². The van der Waals surface area contributed by atoms with E-state index in [2.05, 4.69) is 29.5 Å². The maximum Gasteiger partial charge on any atom is 0.310 e. The monoisotopic (exact) mass is 413 g/mol. The van der Waals surface area contributed by atoms with Gasteiger partial charge < -0.3 is 15.4 Å². The standard InChI is InChI=1S/C15H31N3O2.HI/c1-6-8-9-10-13(4)18-15(16-7-2)17-11-12(3)14(19)20-5;/h12-13H,6-11H2,1-5H3,(H2,16,17,18);1H. The van der Waals surface area contributed by atoms with Gasteiger partial charge in [-0.05, 0) is 20.3 Å². The molecule has 126 valence electrons. The molecule has 0 rings (SSSR count). The number of methoxy groups -OCH3 is 1. The predicted molar refractivity (Wildman–Crippen MR) is 99.3 cm³/mol. The van der Waals surface area contributed by atoms with E-state index in [1.54, 1.807) is 0 Å². The zero-order valence-electron chi connectivity index (χ0n) is 14.1. The molecule has 6 heteroatoms. The first-order valence-electron chi connectivity index (χ1n) is 7.67. The van der Waals surface area contributed by atoms with Gasteiger partial charge in [0, 0.05) is 12.6 Å². The third kappa shape index (κ3) is 11.8. The molecular weight excluding hydrogens is 381 g/mol. The Kier molecular flexibility index (Phi) is 15.6. The highest BCUT2D eigenvalue weighted by Gasteiger charge is 2.13. The number of esters is 1. The number of hydrogen-bond donors (Lipinski definition) is 2. The van der Waals surface area contributed by atoms with Gasteiger partial charge in [0.1, 0.15) is 0 Å². The summed E-state index contributed by atoms with van der Waals surface area (Å²) in [6.45, 7) is 9.46. The van der Waals surface area contributed by atoms with Gasteiger partial charge in [-0.25, -0.2) is 0 Å². The van der Waals surface area contributed by atoms with Gasteiger partial charge in [0.05, 0.1) is 19.6 Å². The Labute approximate surface area is 146 Å². The van der Waals surface area contributed by atoms with Crippen LogP contribution in [0.2, 0.25) is 0 Å². The van der Waals surface area contributed by atoms with Crippen LogP contribution in [0.4, 0.5) is 0 Å². The van der Waals surface area contributed by atoms with Crippen molar-refractivity contribution in [3.05, 3.63) is 0 Å². The minimum atomic E-state index is -0.222. The molecule has 0 aliphatic carbocycles. The molecule has 0 radical (unpaired) electrons. The molecule has 0 bridgehead atoms. The number of unbranched alkanes of at least 4 members (excludes halogenated alkanes) is 2. The largest absolute Gasteiger partial charge is 0.469 e. The molecule has 0 aliphatic heterocycles. The van der Waals surface area contributed by atoms with E-state index < -0.39 is 0 Å². The molecule has 2 unspecified atom stereocenters. The Bertz CT molecular complexity index is 299. The van der Waals surface area contributed by atoms with Crippen LogP contribution in [-0.4, -0.2) is 38.2 Å². The molecule has 5 nitrogen and oxygen atoms in total. The first-order chi connectivity index (χ1) is 9.54. The van der Waals surface area contributed by atoms with Gasteiger partial charge in [0.15, 0.2) is 5.96 Å². The lowest BCUT2D eigenvalue weighted by molar-refractivity contribution is -0.144. The van der Waals surface area contributed by atoms with E-state index in [1.807, 2.05) is 13.8 Å². The van der Waals surface area contributed by atoms with Crippen molar-refractivity contribution >= 4 is 35.9 Å². The first kappa shape index (κ1) is 22.7. The number of hydrogen-bond acceptors (Lipinski definition) is 3. The van der Waals surface area contributed by atoms with Crippen LogP contribution >= 0.6 is 24.0 Å². The van der Waals surface area contributed by atoms with Crippen molar-refractivity contribution in [3.63, 3.8) is 0 Å². The zero-order valence-corrected chi connectivity index (χ0v) is 16.4. The van der Waals surface area contributed by atoms with E-state index in [-0.39, 0.29) is 35.9 Å². The fourth-order valence-electron chi connectivity index (χ4n) is 1.83. The van der Waals surface area contributed by atoms with E-state index in [1.165, 1.54) is 26.4 Å². The Balaban J connectivity index is 0. The number of nitrogens with zero attached hydrogens (tertiary/aromatic N) is 1. The molecule has 0 spiro atoms. The maximum absolute atomic E-state index is 11.3. The SMILES string of the molecule is CCCCCC(C)NC(=NCC(C)C(=O)OC)NCC.I. The van der Waals surface area contributed by atoms with Gasteiger partial charge in [0.2, 0.25) is 0 Å². The third-order valence-electron chi connectivity index (χ3n) is 3.09. The Hall–Kier alpha value is -0.530. The van der Waals surface area contributed by atoms with Crippen molar-refractivity contribution in [3.8, 4) is 0 Å². The highest BCUT2D eigenvalue weighted by atomic mass is 127. The van der Waals surface area contributed by atoms with Crippen LogP contribution in [-0.2, 0) is 9.53 Å². The number of guanidine groups is 1. The summed E-state index contributed by atoms with van der Waals surface area (Å²) in [7, 11) is 1.40. The molecule has 0 aliphatic rings. The second-order valence-corrected chi connectivity index (χ2v) is 5.18. The van der Waals surface area contributed by atoms with Crippen LogP contribution in [0.15, 0.2) is 4.99 Å². The smallest absolute Gasteiger partial charge is 0.310 e. The van der Waals surface area contributed by atoms with Gasteiger partial charge in [-0.15, -0.1) is 24.0 Å². The van der Waals surface area contributed by atoms with Crippen LogP contribution in [0.3, 0.4) is 0 Å². The Morgan fingerprint density at radius 3 is 2.43 bits per heavy atom. The topological polar surface area (TPSA) is 62.7 Å². The molecule has 0 aromatic heterocycles. The number of carbonyl (C=O) groups is 1. The van der Waals surface area contributed by atoms with Gasteiger partial charge in [0.25, 0.3) is 0 Å². The summed E-state index contributed by atoms with van der Waals surface area (Å²) in [4.78, 5) is 15.8. The molecule has 2 N–H and O–H groups in total. The predicted octanol–water partition coefficient (Wildman–Crippen LogP) is 2.94. The summed E-state index contributed by atoms with van der Waals surface area (Å²) < 4.78 is 4.70. The number of halogens is 1. The summed E-state index contributed by atoms with van der Waals surface area (Å²) in [5, 5.41) is 6.58. The summed E-state index contributed by atoms with van der Waals surface area (Å²) in [5.41, 5.74) is 0. The minimum absolute atomic E-state index is 0. The van der Waals surface area contributed by atoms with E-state index in [0.717, 1.165) is 18.9 Å². The molecule has 2 atom stereocenters. The normalized spacial score (nSPS) is 13.9. The van der Waals surface area contributed by atoms with E-state index in [4.69, 9.17) is 4.74 Å². The average molecular weight is 413 g/mol. The summed E-state index contributed by atoms with van der Waals surface area (Å²) in [5.74, 6) is 0.332. The third-order valence-corrected chi connectivity index (χ3v) is 3.09. The Morgan fingerprint density at radius 1 is 1.24 bits per heavy atom. The van der Waals surface area contributed by atoms with Crippen molar-refractivity contribution in [1.82, 2.24) is 10.6 Å². The summed E-state index contributed by atoms with van der Waals surface area (Å²) >= 11 is 0. The minimum Gasteiger partial charge on any atom is -0.469 e. The zero-order chi connectivity index (χ0) is 15.4. The van der Waals surface area contributed by atoms with Crippen molar-refractivity contribution in [2.75, 3.05) is 20.2 Å². The van der Waals surface area contributed by atoms with Crippen molar-refractivity contribution < 1.29 is 9.53 Å². The lowest BCUT2D eigenvalue weighted by Crippen LogP contribution is -2.42. The maximum atomic E-state index is 11.3. The van der Waals surface area contributed by atoms with Crippen LogP contribution in [0.25, 0.3) is 0 Å². The molecule has 0 saturated heterocycles. The number of nitrogens with one attached hydrogen (secondary N) is 2. The molecule has 21 heavy (non-hydrogen) atoms. The van der Waals surface area contributed by atoms with Gasteiger partial charge in [-0.2, -0.15) is 0 Å². The molecule has 0 saturated carbocycles. The fourth-order valence-corrected chi connectivity index (χ4v) is 1.83. The van der Waals surface area contributed by atoms with Crippen molar-refractivity contribution in [1.29, 1.82) is 0 Å². The second kappa shape index (κ2) is 14.4. The van der Waals surface area contributed by atoms with Gasteiger partial charge in [-0.3, -0.25) is 9.79 Å². The van der Waals surface area contributed by atoms with E-state index in [0.29, 0.717) is 12.6 Å². The first-order valence-corrected chi connectivity index (χ1v) is 7.67. The summed E-state index contributed by atoms with van der Waals surface area (Å²) in [6, 6.07) is 0.382. The fraction of sp³-hybridized carbons (Fsp3) is 0.867.